The highest BCUT2D eigenvalue weighted by Crippen LogP contribution is 2.31. The SMILES string of the molecule is C=CC(N)C1COc2ccccc2O1. The molecule has 2 atom stereocenters. The lowest BCUT2D eigenvalue weighted by atomic mass is 10.1. The molecule has 0 saturated carbocycles. The third-order valence-electron chi connectivity index (χ3n) is 2.23. The summed E-state index contributed by atoms with van der Waals surface area (Å²) in [6, 6.07) is 7.38. The number of rotatable bonds is 2. The number of fused-ring (bicyclic) bond motifs is 1. The first-order chi connectivity index (χ1) is 6.81. The van der Waals surface area contributed by atoms with Crippen molar-refractivity contribution in [2.24, 2.45) is 5.73 Å². The molecule has 0 bridgehead atoms. The van der Waals surface area contributed by atoms with E-state index < -0.39 is 0 Å². The molecule has 0 aromatic heterocycles. The molecule has 2 N–H and O–H groups in total. The molecule has 14 heavy (non-hydrogen) atoms. The van der Waals surface area contributed by atoms with Gasteiger partial charge in [-0.05, 0) is 12.1 Å². The van der Waals surface area contributed by atoms with Crippen LogP contribution in [0, 0.1) is 0 Å². The molecule has 3 heteroatoms. The minimum atomic E-state index is -0.191. The third kappa shape index (κ3) is 1.59. The van der Waals surface area contributed by atoms with Gasteiger partial charge in [0.15, 0.2) is 17.6 Å². The molecule has 1 aliphatic rings. The van der Waals surface area contributed by atoms with Crippen LogP contribution >= 0.6 is 0 Å². The minimum Gasteiger partial charge on any atom is -0.486 e. The van der Waals surface area contributed by atoms with Crippen molar-refractivity contribution in [2.75, 3.05) is 6.61 Å². The Bertz CT molecular complexity index is 338. The summed E-state index contributed by atoms with van der Waals surface area (Å²) in [5.41, 5.74) is 5.78. The van der Waals surface area contributed by atoms with Gasteiger partial charge in [0.25, 0.3) is 0 Å². The van der Waals surface area contributed by atoms with Crippen LogP contribution in [-0.2, 0) is 0 Å². The maximum Gasteiger partial charge on any atom is 0.161 e. The monoisotopic (exact) mass is 191 g/mol. The molecule has 0 amide bonds. The van der Waals surface area contributed by atoms with E-state index in [1.807, 2.05) is 24.3 Å². The number of ether oxygens (including phenoxy) is 2. The maximum atomic E-state index is 5.78. The van der Waals surface area contributed by atoms with E-state index in [0.29, 0.717) is 6.61 Å². The van der Waals surface area contributed by atoms with Gasteiger partial charge in [-0.1, -0.05) is 18.2 Å². The Kier molecular flexibility index (Phi) is 2.41. The van der Waals surface area contributed by atoms with E-state index in [0.717, 1.165) is 11.5 Å². The molecule has 1 heterocycles. The normalized spacial score (nSPS) is 21.4. The Morgan fingerprint density at radius 2 is 2.14 bits per heavy atom. The summed E-state index contributed by atoms with van der Waals surface area (Å²) >= 11 is 0. The van der Waals surface area contributed by atoms with Gasteiger partial charge < -0.3 is 15.2 Å². The van der Waals surface area contributed by atoms with Crippen molar-refractivity contribution >= 4 is 0 Å². The number of hydrogen-bond donors (Lipinski definition) is 1. The topological polar surface area (TPSA) is 44.5 Å². The first-order valence-electron chi connectivity index (χ1n) is 4.58. The van der Waals surface area contributed by atoms with Crippen molar-refractivity contribution in [3.63, 3.8) is 0 Å². The summed E-state index contributed by atoms with van der Waals surface area (Å²) in [4.78, 5) is 0. The average Bonchev–Trinajstić information content (AvgIpc) is 2.27. The van der Waals surface area contributed by atoms with Crippen molar-refractivity contribution in [3.8, 4) is 11.5 Å². The Morgan fingerprint density at radius 3 is 2.86 bits per heavy atom. The zero-order chi connectivity index (χ0) is 9.97. The van der Waals surface area contributed by atoms with E-state index in [1.165, 1.54) is 0 Å². The van der Waals surface area contributed by atoms with Gasteiger partial charge in [-0.3, -0.25) is 0 Å². The van der Waals surface area contributed by atoms with Crippen LogP contribution in [0.25, 0.3) is 0 Å². The minimum absolute atomic E-state index is 0.137. The third-order valence-corrected chi connectivity index (χ3v) is 2.23. The van der Waals surface area contributed by atoms with Crippen molar-refractivity contribution < 1.29 is 9.47 Å². The number of hydrogen-bond acceptors (Lipinski definition) is 3. The number of benzene rings is 1. The summed E-state index contributed by atoms with van der Waals surface area (Å²) < 4.78 is 11.2. The number of para-hydroxylation sites is 2. The van der Waals surface area contributed by atoms with Crippen LogP contribution in [0.3, 0.4) is 0 Å². The fraction of sp³-hybridized carbons (Fsp3) is 0.273. The predicted molar refractivity (Wildman–Crippen MR) is 54.5 cm³/mol. The van der Waals surface area contributed by atoms with Crippen molar-refractivity contribution in [1.29, 1.82) is 0 Å². The standard InChI is InChI=1S/C11H13NO2/c1-2-8(12)11-7-13-9-5-3-4-6-10(9)14-11/h2-6,8,11H,1,7,12H2. The van der Waals surface area contributed by atoms with E-state index >= 15 is 0 Å². The second-order valence-corrected chi connectivity index (χ2v) is 3.23. The van der Waals surface area contributed by atoms with E-state index in [9.17, 15) is 0 Å². The molecule has 1 aromatic carbocycles. The van der Waals surface area contributed by atoms with E-state index in [1.54, 1.807) is 6.08 Å². The lowest BCUT2D eigenvalue weighted by Crippen LogP contribution is -2.43. The van der Waals surface area contributed by atoms with Gasteiger partial charge in [0.1, 0.15) is 6.61 Å². The summed E-state index contributed by atoms with van der Waals surface area (Å²) in [5, 5.41) is 0. The van der Waals surface area contributed by atoms with Crippen LogP contribution in [-0.4, -0.2) is 18.8 Å². The molecule has 1 aromatic rings. The van der Waals surface area contributed by atoms with Gasteiger partial charge in [0, 0.05) is 0 Å². The molecule has 0 spiro atoms. The predicted octanol–water partition coefficient (Wildman–Crippen LogP) is 1.34. The Balaban J connectivity index is 2.17. The molecule has 74 valence electrons. The van der Waals surface area contributed by atoms with Crippen molar-refractivity contribution in [2.45, 2.75) is 12.1 Å². The molecule has 0 fully saturated rings. The smallest absolute Gasteiger partial charge is 0.161 e. The highest BCUT2D eigenvalue weighted by atomic mass is 16.6. The van der Waals surface area contributed by atoms with Gasteiger partial charge in [0.05, 0.1) is 6.04 Å². The summed E-state index contributed by atoms with van der Waals surface area (Å²) in [6.07, 6.45) is 1.53. The van der Waals surface area contributed by atoms with Crippen LogP contribution in [0.2, 0.25) is 0 Å². The van der Waals surface area contributed by atoms with Gasteiger partial charge in [-0.2, -0.15) is 0 Å². The molecule has 2 unspecified atom stereocenters. The Labute approximate surface area is 83.1 Å². The Morgan fingerprint density at radius 1 is 1.43 bits per heavy atom. The molecule has 3 nitrogen and oxygen atoms in total. The van der Waals surface area contributed by atoms with E-state index in [-0.39, 0.29) is 12.1 Å². The van der Waals surface area contributed by atoms with Crippen LogP contribution in [0.5, 0.6) is 11.5 Å². The highest BCUT2D eigenvalue weighted by Gasteiger charge is 2.24. The fourth-order valence-electron chi connectivity index (χ4n) is 1.38. The van der Waals surface area contributed by atoms with Crippen molar-refractivity contribution in [1.82, 2.24) is 0 Å². The van der Waals surface area contributed by atoms with E-state index in [2.05, 4.69) is 6.58 Å². The maximum absolute atomic E-state index is 5.78. The van der Waals surface area contributed by atoms with Gasteiger partial charge in [-0.25, -0.2) is 0 Å². The number of nitrogens with two attached hydrogens (primary N) is 1. The van der Waals surface area contributed by atoms with Crippen LogP contribution in [0.15, 0.2) is 36.9 Å². The molecule has 2 rings (SSSR count). The van der Waals surface area contributed by atoms with Crippen LogP contribution in [0.1, 0.15) is 0 Å². The largest absolute Gasteiger partial charge is 0.486 e. The first kappa shape index (κ1) is 9.09. The summed E-state index contributed by atoms with van der Waals surface area (Å²) in [6.45, 7) is 4.11. The van der Waals surface area contributed by atoms with Crippen LogP contribution < -0.4 is 15.2 Å². The van der Waals surface area contributed by atoms with Gasteiger partial charge in [-0.15, -0.1) is 6.58 Å². The summed E-state index contributed by atoms with van der Waals surface area (Å²) in [7, 11) is 0. The molecule has 1 aliphatic heterocycles. The highest BCUT2D eigenvalue weighted by molar-refractivity contribution is 5.40. The first-order valence-corrected chi connectivity index (χ1v) is 4.58. The molecular weight excluding hydrogens is 178 g/mol. The second-order valence-electron chi connectivity index (χ2n) is 3.23. The molecule has 0 aliphatic carbocycles. The Hall–Kier alpha value is -1.48. The molecule has 0 radical (unpaired) electrons. The lowest BCUT2D eigenvalue weighted by molar-refractivity contribution is 0.0825. The van der Waals surface area contributed by atoms with E-state index in [4.69, 9.17) is 15.2 Å². The lowest BCUT2D eigenvalue weighted by Gasteiger charge is -2.28. The van der Waals surface area contributed by atoms with Gasteiger partial charge in [0.2, 0.25) is 0 Å². The zero-order valence-corrected chi connectivity index (χ0v) is 7.85. The molecule has 0 saturated heterocycles. The second kappa shape index (κ2) is 3.72. The average molecular weight is 191 g/mol. The quantitative estimate of drug-likeness (QED) is 0.717. The zero-order valence-electron chi connectivity index (χ0n) is 7.85. The summed E-state index contributed by atoms with van der Waals surface area (Å²) in [5.74, 6) is 1.53. The fourth-order valence-corrected chi connectivity index (χ4v) is 1.38. The van der Waals surface area contributed by atoms with Gasteiger partial charge >= 0.3 is 0 Å². The van der Waals surface area contributed by atoms with Crippen LogP contribution in [0.4, 0.5) is 0 Å². The molecular formula is C11H13NO2. The van der Waals surface area contributed by atoms with Crippen molar-refractivity contribution in [3.05, 3.63) is 36.9 Å².